The van der Waals surface area contributed by atoms with Gasteiger partial charge in [0.1, 0.15) is 5.78 Å². The zero-order valence-corrected chi connectivity index (χ0v) is 22.7. The number of rotatable bonds is 8. The molecule has 3 heterocycles. The van der Waals surface area contributed by atoms with Gasteiger partial charge in [-0.1, -0.05) is 37.5 Å². The molecule has 39 heavy (non-hydrogen) atoms. The number of carbonyl (C=O) groups is 2. The summed E-state index contributed by atoms with van der Waals surface area (Å²) in [5.74, 6) is -0.669. The third-order valence-corrected chi connectivity index (χ3v) is 7.87. The van der Waals surface area contributed by atoms with Gasteiger partial charge in [-0.25, -0.2) is 4.79 Å². The Balaban J connectivity index is 1.73. The minimum atomic E-state index is -0.629. The fourth-order valence-electron chi connectivity index (χ4n) is 6.05. The summed E-state index contributed by atoms with van der Waals surface area (Å²) in [6.07, 6.45) is 11.6. The highest BCUT2D eigenvalue weighted by Crippen LogP contribution is 2.41. The van der Waals surface area contributed by atoms with Gasteiger partial charge in [-0.15, -0.1) is 0 Å². The number of ether oxygens (including phenoxy) is 1. The second kappa shape index (κ2) is 11.3. The van der Waals surface area contributed by atoms with Gasteiger partial charge in [0.25, 0.3) is 0 Å². The first kappa shape index (κ1) is 26.5. The SMILES string of the molecule is COC(=O)c1ccc(-c2cn(C(c3ccccn3)C3CCCCC3)c3cc(C(C(C)=N)C(C)=O)cnc23)cc1. The van der Waals surface area contributed by atoms with Gasteiger partial charge in [-0.3, -0.25) is 14.8 Å². The summed E-state index contributed by atoms with van der Waals surface area (Å²) in [7, 11) is 1.37. The maximum absolute atomic E-state index is 12.5. The molecule has 1 aromatic carbocycles. The van der Waals surface area contributed by atoms with E-state index in [2.05, 4.69) is 16.8 Å². The maximum Gasteiger partial charge on any atom is 0.337 e. The summed E-state index contributed by atoms with van der Waals surface area (Å²) in [4.78, 5) is 34.2. The smallest absolute Gasteiger partial charge is 0.337 e. The Morgan fingerprint density at radius 1 is 1.03 bits per heavy atom. The molecular formula is C32H34N4O3. The zero-order valence-electron chi connectivity index (χ0n) is 22.7. The number of esters is 1. The molecule has 0 bridgehead atoms. The van der Waals surface area contributed by atoms with Crippen LogP contribution in [0.15, 0.2) is 67.1 Å². The molecule has 0 aliphatic heterocycles. The van der Waals surface area contributed by atoms with Gasteiger partial charge in [0.2, 0.25) is 0 Å². The van der Waals surface area contributed by atoms with Crippen LogP contribution in [0.25, 0.3) is 22.2 Å². The number of ketones is 1. The molecule has 7 heteroatoms. The number of Topliss-reactive ketones (excluding diaryl/α,β-unsaturated/α-hetero) is 1. The van der Waals surface area contributed by atoms with Gasteiger partial charge in [0.05, 0.1) is 41.4 Å². The minimum Gasteiger partial charge on any atom is -0.465 e. The van der Waals surface area contributed by atoms with E-state index < -0.39 is 5.92 Å². The Bertz CT molecular complexity index is 1490. The third-order valence-electron chi connectivity index (χ3n) is 7.87. The monoisotopic (exact) mass is 522 g/mol. The summed E-state index contributed by atoms with van der Waals surface area (Å²) < 4.78 is 7.15. The Labute approximate surface area is 228 Å². The van der Waals surface area contributed by atoms with E-state index in [1.54, 1.807) is 25.3 Å². The van der Waals surface area contributed by atoms with Crippen molar-refractivity contribution in [2.45, 2.75) is 57.9 Å². The van der Waals surface area contributed by atoms with E-state index in [0.29, 0.717) is 17.2 Å². The van der Waals surface area contributed by atoms with E-state index in [1.807, 2.05) is 36.5 Å². The molecular weight excluding hydrogens is 488 g/mol. The van der Waals surface area contributed by atoms with E-state index >= 15 is 0 Å². The van der Waals surface area contributed by atoms with Crippen molar-refractivity contribution in [2.75, 3.05) is 7.11 Å². The second-order valence-corrected chi connectivity index (χ2v) is 10.5. The molecule has 4 aromatic rings. The number of nitrogens with zero attached hydrogens (tertiary/aromatic N) is 3. The molecule has 200 valence electrons. The van der Waals surface area contributed by atoms with Crippen LogP contribution in [0.1, 0.15) is 79.5 Å². The predicted molar refractivity (Wildman–Crippen MR) is 152 cm³/mol. The lowest BCUT2D eigenvalue weighted by Gasteiger charge is -2.31. The molecule has 2 atom stereocenters. The van der Waals surface area contributed by atoms with E-state index in [4.69, 9.17) is 20.1 Å². The van der Waals surface area contributed by atoms with E-state index in [-0.39, 0.29) is 17.8 Å². The van der Waals surface area contributed by atoms with Crippen molar-refractivity contribution >= 4 is 28.5 Å². The maximum atomic E-state index is 12.5. The third kappa shape index (κ3) is 5.26. The van der Waals surface area contributed by atoms with Crippen LogP contribution in [0.2, 0.25) is 0 Å². The van der Waals surface area contributed by atoms with Crippen molar-refractivity contribution < 1.29 is 14.3 Å². The molecule has 1 N–H and O–H groups in total. The number of aromatic nitrogens is 3. The van der Waals surface area contributed by atoms with Crippen LogP contribution in [0.4, 0.5) is 0 Å². The van der Waals surface area contributed by atoms with Gasteiger partial charge in [0.15, 0.2) is 0 Å². The molecule has 5 rings (SSSR count). The molecule has 3 aromatic heterocycles. The molecule has 0 radical (unpaired) electrons. The van der Waals surface area contributed by atoms with Gasteiger partial charge < -0.3 is 14.7 Å². The first-order chi connectivity index (χ1) is 18.9. The van der Waals surface area contributed by atoms with Gasteiger partial charge in [-0.05, 0) is 74.1 Å². The number of methoxy groups -OCH3 is 1. The molecule has 2 unspecified atom stereocenters. The summed E-state index contributed by atoms with van der Waals surface area (Å²) in [6.45, 7) is 3.20. The van der Waals surface area contributed by atoms with Gasteiger partial charge in [-0.2, -0.15) is 0 Å². The number of benzene rings is 1. The fourth-order valence-corrected chi connectivity index (χ4v) is 6.05. The highest BCUT2D eigenvalue weighted by molar-refractivity contribution is 6.07. The van der Waals surface area contributed by atoms with Crippen molar-refractivity contribution in [1.29, 1.82) is 5.41 Å². The summed E-state index contributed by atoms with van der Waals surface area (Å²) >= 11 is 0. The average molecular weight is 523 g/mol. The quantitative estimate of drug-likeness (QED) is 0.203. The lowest BCUT2D eigenvalue weighted by atomic mass is 9.82. The number of pyridine rings is 2. The number of nitrogens with one attached hydrogen (secondary N) is 1. The molecule has 0 amide bonds. The largest absolute Gasteiger partial charge is 0.465 e. The number of fused-ring (bicyclic) bond motifs is 1. The van der Waals surface area contributed by atoms with Crippen LogP contribution >= 0.6 is 0 Å². The molecule has 7 nitrogen and oxygen atoms in total. The lowest BCUT2D eigenvalue weighted by Crippen LogP contribution is -2.23. The van der Waals surface area contributed by atoms with Crippen molar-refractivity contribution in [3.8, 4) is 11.1 Å². The van der Waals surface area contributed by atoms with Crippen LogP contribution in [0.3, 0.4) is 0 Å². The van der Waals surface area contributed by atoms with E-state index in [1.165, 1.54) is 33.3 Å². The minimum absolute atomic E-state index is 0.00555. The van der Waals surface area contributed by atoms with Crippen LogP contribution in [0.5, 0.6) is 0 Å². The molecule has 1 aliphatic carbocycles. The molecule has 0 saturated heterocycles. The van der Waals surface area contributed by atoms with Crippen LogP contribution in [0, 0.1) is 11.3 Å². The Hall–Kier alpha value is -4.13. The van der Waals surface area contributed by atoms with Crippen molar-refractivity contribution in [3.05, 3.63) is 83.9 Å². The topological polar surface area (TPSA) is 97.9 Å². The predicted octanol–water partition coefficient (Wildman–Crippen LogP) is 6.77. The Morgan fingerprint density at radius 3 is 2.38 bits per heavy atom. The molecule has 1 aliphatic rings. The van der Waals surface area contributed by atoms with Crippen LogP contribution in [-0.4, -0.2) is 39.1 Å². The van der Waals surface area contributed by atoms with E-state index in [0.717, 1.165) is 46.3 Å². The fraction of sp³-hybridized carbons (Fsp3) is 0.344. The van der Waals surface area contributed by atoms with Crippen molar-refractivity contribution in [1.82, 2.24) is 14.5 Å². The van der Waals surface area contributed by atoms with Crippen molar-refractivity contribution in [2.24, 2.45) is 5.92 Å². The van der Waals surface area contributed by atoms with Crippen molar-refractivity contribution in [3.63, 3.8) is 0 Å². The number of carbonyl (C=O) groups excluding carboxylic acids is 2. The first-order valence-corrected chi connectivity index (χ1v) is 13.5. The highest BCUT2D eigenvalue weighted by Gasteiger charge is 2.30. The standard InChI is InChI=1S/C32H34N4O3/c1-20(33)29(21(2)37)25-17-28-30(35-18-25)26(22-12-14-24(15-13-22)32(38)39-3)19-36(28)31(23-9-5-4-6-10-23)27-11-7-8-16-34-27/h7-8,11-19,23,29,31,33H,4-6,9-10H2,1-3H3. The van der Waals surface area contributed by atoms with Crippen LogP contribution < -0.4 is 0 Å². The van der Waals surface area contributed by atoms with Gasteiger partial charge >= 0.3 is 5.97 Å². The average Bonchev–Trinajstić information content (AvgIpc) is 3.32. The number of hydrogen-bond acceptors (Lipinski definition) is 6. The normalized spacial score (nSPS) is 15.6. The molecule has 0 spiro atoms. The lowest BCUT2D eigenvalue weighted by molar-refractivity contribution is -0.117. The summed E-state index contributed by atoms with van der Waals surface area (Å²) in [6, 6.07) is 15.4. The van der Waals surface area contributed by atoms with Crippen LogP contribution in [-0.2, 0) is 9.53 Å². The van der Waals surface area contributed by atoms with E-state index in [9.17, 15) is 9.59 Å². The van der Waals surface area contributed by atoms with Gasteiger partial charge in [0, 0.05) is 29.9 Å². The Kier molecular flexibility index (Phi) is 7.68. The molecule has 1 saturated carbocycles. The summed E-state index contributed by atoms with van der Waals surface area (Å²) in [5.41, 5.74) is 6.11. The highest BCUT2D eigenvalue weighted by atomic mass is 16.5. The summed E-state index contributed by atoms with van der Waals surface area (Å²) in [5, 5.41) is 8.27. The second-order valence-electron chi connectivity index (χ2n) is 10.5. The molecule has 1 fully saturated rings. The first-order valence-electron chi connectivity index (χ1n) is 13.5. The Morgan fingerprint density at radius 2 is 1.77 bits per heavy atom. The number of hydrogen-bond donors (Lipinski definition) is 1. The zero-order chi connectivity index (χ0) is 27.5.